The molecule has 0 N–H and O–H groups in total. The smallest absolute Gasteiger partial charge is 0.338 e. The van der Waals surface area contributed by atoms with Gasteiger partial charge in [-0.05, 0) is 58.9 Å². The summed E-state index contributed by atoms with van der Waals surface area (Å²) in [5.74, 6) is -0.985. The molecule has 0 saturated carbocycles. The lowest BCUT2D eigenvalue weighted by Crippen LogP contribution is -2.47. The molecule has 9 heteroatoms. The number of hydrogen-bond acceptors (Lipinski definition) is 6. The Morgan fingerprint density at radius 1 is 0.963 bits per heavy atom. The Morgan fingerprint density at radius 3 is 1.85 bits per heavy atom. The summed E-state index contributed by atoms with van der Waals surface area (Å²) in [6.07, 6.45) is -0.953. The van der Waals surface area contributed by atoms with Crippen LogP contribution in [0.3, 0.4) is 0 Å². The summed E-state index contributed by atoms with van der Waals surface area (Å²) in [4.78, 5) is 31.1. The van der Waals surface area contributed by atoms with Gasteiger partial charge in [-0.2, -0.15) is 0 Å². The van der Waals surface area contributed by atoms with Gasteiger partial charge < -0.3 is 9.64 Å². The molecule has 8 nitrogen and oxygen atoms in total. The minimum atomic E-state index is -3.80. The molecule has 152 valence electrons. The first-order valence-corrected chi connectivity index (χ1v) is 10.0. The second-order valence-corrected chi connectivity index (χ2v) is 8.54. The SMILES string of the molecule is CON(C)S(=O)(=O)c1ccc(C(=O)O[C@H](C)C(=O)N(C(C)C)C(C)C)cc1. The quantitative estimate of drug-likeness (QED) is 0.490. The maximum absolute atomic E-state index is 12.5. The van der Waals surface area contributed by atoms with Gasteiger partial charge in [0.25, 0.3) is 15.9 Å². The number of nitrogens with zero attached hydrogens (tertiary/aromatic N) is 2. The molecule has 1 aromatic carbocycles. The maximum atomic E-state index is 12.5. The highest BCUT2D eigenvalue weighted by Gasteiger charge is 2.28. The van der Waals surface area contributed by atoms with Gasteiger partial charge in [0.1, 0.15) is 0 Å². The molecule has 0 aliphatic heterocycles. The molecule has 0 fully saturated rings. The summed E-state index contributed by atoms with van der Waals surface area (Å²) < 4.78 is 30.3. The number of benzene rings is 1. The van der Waals surface area contributed by atoms with Crippen LogP contribution in [0.1, 0.15) is 45.0 Å². The third-order valence-corrected chi connectivity index (χ3v) is 5.68. The lowest BCUT2D eigenvalue weighted by molar-refractivity contribution is -0.143. The average Bonchev–Trinajstić information content (AvgIpc) is 2.60. The van der Waals surface area contributed by atoms with Gasteiger partial charge in [0.2, 0.25) is 0 Å². The molecular weight excluding hydrogens is 372 g/mol. The summed E-state index contributed by atoms with van der Waals surface area (Å²) >= 11 is 0. The number of esters is 1. The molecule has 1 amide bonds. The first kappa shape index (κ1) is 23.1. The van der Waals surface area contributed by atoms with Crippen LogP contribution in [0, 0.1) is 0 Å². The van der Waals surface area contributed by atoms with Gasteiger partial charge in [-0.3, -0.25) is 9.63 Å². The number of hydroxylamine groups is 1. The third-order valence-electron chi connectivity index (χ3n) is 3.98. The fraction of sp³-hybridized carbons (Fsp3) is 0.556. The highest BCUT2D eigenvalue weighted by molar-refractivity contribution is 7.89. The van der Waals surface area contributed by atoms with Gasteiger partial charge >= 0.3 is 5.97 Å². The van der Waals surface area contributed by atoms with Crippen LogP contribution in [0.15, 0.2) is 29.2 Å². The zero-order chi connectivity index (χ0) is 20.9. The van der Waals surface area contributed by atoms with E-state index in [1.165, 1.54) is 45.3 Å². The van der Waals surface area contributed by atoms with E-state index in [1.54, 1.807) is 4.90 Å². The Balaban J connectivity index is 2.91. The van der Waals surface area contributed by atoms with Crippen molar-refractivity contribution in [1.82, 2.24) is 9.37 Å². The maximum Gasteiger partial charge on any atom is 0.338 e. The molecule has 27 heavy (non-hydrogen) atoms. The van der Waals surface area contributed by atoms with E-state index < -0.39 is 22.1 Å². The number of carbonyl (C=O) groups is 2. The Labute approximate surface area is 161 Å². The van der Waals surface area contributed by atoms with E-state index in [1.807, 2.05) is 27.7 Å². The van der Waals surface area contributed by atoms with E-state index >= 15 is 0 Å². The number of amides is 1. The third kappa shape index (κ3) is 5.50. The summed E-state index contributed by atoms with van der Waals surface area (Å²) in [5.41, 5.74) is 0.148. The second kappa shape index (κ2) is 9.29. The fourth-order valence-electron chi connectivity index (χ4n) is 2.60. The van der Waals surface area contributed by atoms with E-state index in [0.29, 0.717) is 4.47 Å². The number of sulfonamides is 1. The Kier molecular flexibility index (Phi) is 7.94. The van der Waals surface area contributed by atoms with Crippen LogP contribution in [-0.4, -0.2) is 62.0 Å². The van der Waals surface area contributed by atoms with E-state index in [4.69, 9.17) is 9.57 Å². The minimum Gasteiger partial charge on any atom is -0.449 e. The normalized spacial score (nSPS) is 13.1. The molecule has 0 aromatic heterocycles. The van der Waals surface area contributed by atoms with E-state index in [2.05, 4.69) is 0 Å². The Morgan fingerprint density at radius 2 is 1.44 bits per heavy atom. The topological polar surface area (TPSA) is 93.2 Å². The molecule has 0 aliphatic rings. The lowest BCUT2D eigenvalue weighted by Gasteiger charge is -2.32. The van der Waals surface area contributed by atoms with Gasteiger partial charge in [-0.25, -0.2) is 13.2 Å². The van der Waals surface area contributed by atoms with Crippen molar-refractivity contribution in [3.8, 4) is 0 Å². The second-order valence-electron chi connectivity index (χ2n) is 6.60. The molecule has 1 atom stereocenters. The van der Waals surface area contributed by atoms with Crippen LogP contribution in [0.4, 0.5) is 0 Å². The van der Waals surface area contributed by atoms with Crippen molar-refractivity contribution in [3.05, 3.63) is 29.8 Å². The molecule has 1 rings (SSSR count). The molecule has 1 aromatic rings. The standard InChI is InChI=1S/C18H28N2O6S/c1-12(2)20(13(3)4)17(21)14(5)26-18(22)15-8-10-16(11-9-15)27(23,24)19(6)25-7/h8-14H,1-7H3/t14-/m1/s1. The predicted octanol–water partition coefficient (Wildman–Crippen LogP) is 2.06. The average molecular weight is 400 g/mol. The fourth-order valence-corrected chi connectivity index (χ4v) is 3.58. The number of ether oxygens (including phenoxy) is 1. The molecule has 0 aliphatic carbocycles. The summed E-state index contributed by atoms with van der Waals surface area (Å²) in [7, 11) is -1.30. The summed E-state index contributed by atoms with van der Waals surface area (Å²) in [6, 6.07) is 5.17. The van der Waals surface area contributed by atoms with Crippen molar-refractivity contribution in [2.75, 3.05) is 14.2 Å². The highest BCUT2D eigenvalue weighted by atomic mass is 32.2. The summed E-state index contributed by atoms with van der Waals surface area (Å²) in [6.45, 7) is 9.08. The van der Waals surface area contributed by atoms with Crippen LogP contribution in [-0.2, 0) is 24.4 Å². The van der Waals surface area contributed by atoms with Crippen LogP contribution in [0.2, 0.25) is 0 Å². The van der Waals surface area contributed by atoms with Crippen LogP contribution < -0.4 is 0 Å². The van der Waals surface area contributed by atoms with Crippen molar-refractivity contribution >= 4 is 21.9 Å². The predicted molar refractivity (Wildman–Crippen MR) is 100 cm³/mol. The molecule has 0 bridgehead atoms. The molecule has 0 radical (unpaired) electrons. The van der Waals surface area contributed by atoms with Crippen molar-refractivity contribution in [1.29, 1.82) is 0 Å². The van der Waals surface area contributed by atoms with Crippen LogP contribution in [0.25, 0.3) is 0 Å². The van der Waals surface area contributed by atoms with Gasteiger partial charge in [0.15, 0.2) is 6.10 Å². The Bertz CT molecular complexity index is 751. The highest BCUT2D eigenvalue weighted by Crippen LogP contribution is 2.17. The number of hydrogen-bond donors (Lipinski definition) is 0. The van der Waals surface area contributed by atoms with Gasteiger partial charge in [-0.1, -0.05) is 4.47 Å². The van der Waals surface area contributed by atoms with Gasteiger partial charge in [0.05, 0.1) is 17.6 Å². The van der Waals surface area contributed by atoms with E-state index in [9.17, 15) is 18.0 Å². The molecule has 0 unspecified atom stereocenters. The lowest BCUT2D eigenvalue weighted by atomic mass is 10.2. The minimum absolute atomic E-state index is 0.0269. The van der Waals surface area contributed by atoms with Crippen LogP contribution >= 0.6 is 0 Å². The molecule has 0 saturated heterocycles. The molecule has 0 spiro atoms. The monoisotopic (exact) mass is 400 g/mol. The van der Waals surface area contributed by atoms with E-state index in [-0.39, 0.29) is 28.4 Å². The molecule has 0 heterocycles. The van der Waals surface area contributed by atoms with E-state index in [0.717, 1.165) is 0 Å². The first-order chi connectivity index (χ1) is 12.4. The first-order valence-electron chi connectivity index (χ1n) is 8.59. The number of carbonyl (C=O) groups excluding carboxylic acids is 2. The molecular formula is C18H28N2O6S. The number of rotatable bonds is 8. The Hall–Kier alpha value is -1.97. The largest absolute Gasteiger partial charge is 0.449 e. The zero-order valence-corrected chi connectivity index (χ0v) is 17.6. The van der Waals surface area contributed by atoms with Crippen LogP contribution in [0.5, 0.6) is 0 Å². The van der Waals surface area contributed by atoms with Crippen molar-refractivity contribution in [3.63, 3.8) is 0 Å². The summed E-state index contributed by atoms with van der Waals surface area (Å²) in [5, 5.41) is 0. The zero-order valence-electron chi connectivity index (χ0n) is 16.8. The van der Waals surface area contributed by atoms with Gasteiger partial charge in [0, 0.05) is 19.1 Å². The van der Waals surface area contributed by atoms with Crippen molar-refractivity contribution in [2.45, 2.75) is 57.7 Å². The van der Waals surface area contributed by atoms with Crippen molar-refractivity contribution in [2.24, 2.45) is 0 Å². The van der Waals surface area contributed by atoms with Crippen molar-refractivity contribution < 1.29 is 27.6 Å². The van der Waals surface area contributed by atoms with Gasteiger partial charge in [-0.15, -0.1) is 0 Å².